The number of nitrogens with zero attached hydrogens (tertiary/aromatic N) is 2. The van der Waals surface area contributed by atoms with E-state index in [2.05, 4.69) is 18.7 Å². The molecule has 0 bridgehead atoms. The third-order valence-electron chi connectivity index (χ3n) is 5.43. The summed E-state index contributed by atoms with van der Waals surface area (Å²) in [5.41, 5.74) is 2.04. The number of halogens is 3. The molecule has 150 valence electrons. The molecule has 1 amide bonds. The molecule has 6 heteroatoms. The van der Waals surface area contributed by atoms with Crippen molar-refractivity contribution in [1.82, 2.24) is 4.90 Å². The average molecular weight is 440 g/mol. The molecule has 1 aliphatic rings. The van der Waals surface area contributed by atoms with Crippen LogP contribution in [0.15, 0.2) is 42.5 Å². The topological polar surface area (TPSA) is 23.6 Å². The van der Waals surface area contributed by atoms with E-state index in [1.165, 1.54) is 0 Å². The van der Waals surface area contributed by atoms with Gasteiger partial charge in [0, 0.05) is 36.1 Å². The van der Waals surface area contributed by atoms with E-state index in [1.807, 2.05) is 41.3 Å². The van der Waals surface area contributed by atoms with E-state index in [-0.39, 0.29) is 11.9 Å². The van der Waals surface area contributed by atoms with Gasteiger partial charge in [-0.05, 0) is 41.8 Å². The molecule has 1 saturated heterocycles. The van der Waals surface area contributed by atoms with Crippen LogP contribution in [-0.4, -0.2) is 30.4 Å². The Kier molecular flexibility index (Phi) is 7.14. The molecule has 0 aromatic heterocycles. The number of piperazine rings is 1. The lowest BCUT2D eigenvalue weighted by Gasteiger charge is -2.43. The van der Waals surface area contributed by atoms with Gasteiger partial charge >= 0.3 is 0 Å². The second-order valence-corrected chi connectivity index (χ2v) is 8.69. The molecule has 2 atom stereocenters. The summed E-state index contributed by atoms with van der Waals surface area (Å²) in [7, 11) is 0. The van der Waals surface area contributed by atoms with Gasteiger partial charge in [-0.1, -0.05) is 67.2 Å². The van der Waals surface area contributed by atoms with Gasteiger partial charge in [-0.2, -0.15) is 0 Å². The first-order chi connectivity index (χ1) is 13.4. The van der Waals surface area contributed by atoms with Crippen molar-refractivity contribution in [2.24, 2.45) is 5.92 Å². The molecule has 28 heavy (non-hydrogen) atoms. The average Bonchev–Trinajstić information content (AvgIpc) is 2.68. The SMILES string of the molecule is CCC(C)CC(=O)N1CCN(c2ccc(Cl)cc2Cl)[C@H](c2ccc(Cl)cc2)C1. The third kappa shape index (κ3) is 4.94. The summed E-state index contributed by atoms with van der Waals surface area (Å²) < 4.78 is 0. The Bertz CT molecular complexity index is 825. The van der Waals surface area contributed by atoms with E-state index < -0.39 is 0 Å². The minimum absolute atomic E-state index is 0.00516. The summed E-state index contributed by atoms with van der Waals surface area (Å²) in [6.45, 7) is 6.25. The van der Waals surface area contributed by atoms with Gasteiger partial charge in [-0.25, -0.2) is 0 Å². The molecule has 1 aliphatic heterocycles. The number of hydrogen-bond donors (Lipinski definition) is 0. The standard InChI is InChI=1S/C22H25Cl3N2O/c1-3-15(2)12-22(28)26-10-11-27(20-9-8-18(24)13-19(20)25)21(14-26)16-4-6-17(23)7-5-16/h4-9,13,15,21H,3,10-12,14H2,1-2H3/t15?,21-/m0/s1. The minimum atomic E-state index is 0.00516. The quantitative estimate of drug-likeness (QED) is 0.533. The molecule has 1 heterocycles. The van der Waals surface area contributed by atoms with E-state index in [1.54, 1.807) is 6.07 Å². The molecule has 0 spiro atoms. The molecular formula is C22H25Cl3N2O. The smallest absolute Gasteiger partial charge is 0.222 e. The minimum Gasteiger partial charge on any atom is -0.360 e. The maximum absolute atomic E-state index is 12.8. The first kappa shape index (κ1) is 21.3. The van der Waals surface area contributed by atoms with E-state index in [9.17, 15) is 4.79 Å². The van der Waals surface area contributed by atoms with Crippen molar-refractivity contribution < 1.29 is 4.79 Å². The first-order valence-corrected chi connectivity index (χ1v) is 10.8. The Morgan fingerprint density at radius 1 is 1.07 bits per heavy atom. The summed E-state index contributed by atoms with van der Waals surface area (Å²) in [5.74, 6) is 0.611. The monoisotopic (exact) mass is 438 g/mol. The van der Waals surface area contributed by atoms with Crippen LogP contribution >= 0.6 is 34.8 Å². The molecular weight excluding hydrogens is 415 g/mol. The van der Waals surface area contributed by atoms with Crippen LogP contribution in [0.2, 0.25) is 15.1 Å². The number of hydrogen-bond acceptors (Lipinski definition) is 2. The highest BCUT2D eigenvalue weighted by molar-refractivity contribution is 6.36. The van der Waals surface area contributed by atoms with Crippen molar-refractivity contribution in [3.8, 4) is 0 Å². The normalized spacial score (nSPS) is 18.2. The number of carbonyl (C=O) groups excluding carboxylic acids is 1. The summed E-state index contributed by atoms with van der Waals surface area (Å²) in [6, 6.07) is 13.4. The van der Waals surface area contributed by atoms with Crippen molar-refractivity contribution in [3.63, 3.8) is 0 Å². The fraction of sp³-hybridized carbons (Fsp3) is 0.409. The van der Waals surface area contributed by atoms with Gasteiger partial charge < -0.3 is 9.80 Å². The van der Waals surface area contributed by atoms with Crippen LogP contribution in [0.1, 0.15) is 38.3 Å². The van der Waals surface area contributed by atoms with Crippen LogP contribution in [-0.2, 0) is 4.79 Å². The number of benzene rings is 2. The van der Waals surface area contributed by atoms with Crippen molar-refractivity contribution >= 4 is 46.4 Å². The predicted octanol–water partition coefficient (Wildman–Crippen LogP) is 6.47. The van der Waals surface area contributed by atoms with Gasteiger partial charge in [0.1, 0.15) is 0 Å². The van der Waals surface area contributed by atoms with Gasteiger partial charge in [0.05, 0.1) is 16.8 Å². The fourth-order valence-electron chi connectivity index (χ4n) is 3.55. The Hall–Kier alpha value is -1.42. The second kappa shape index (κ2) is 9.39. The van der Waals surface area contributed by atoms with Crippen molar-refractivity contribution in [2.75, 3.05) is 24.5 Å². The maximum Gasteiger partial charge on any atom is 0.222 e. The molecule has 0 N–H and O–H groups in total. The van der Waals surface area contributed by atoms with Crippen molar-refractivity contribution in [3.05, 3.63) is 63.1 Å². The number of anilines is 1. The van der Waals surface area contributed by atoms with E-state index >= 15 is 0 Å². The van der Waals surface area contributed by atoms with Gasteiger partial charge in [0.2, 0.25) is 5.91 Å². The van der Waals surface area contributed by atoms with Crippen LogP contribution in [0.3, 0.4) is 0 Å². The highest BCUT2D eigenvalue weighted by Crippen LogP contribution is 2.37. The van der Waals surface area contributed by atoms with Crippen molar-refractivity contribution in [1.29, 1.82) is 0 Å². The number of rotatable bonds is 5. The predicted molar refractivity (Wildman–Crippen MR) is 119 cm³/mol. The zero-order valence-electron chi connectivity index (χ0n) is 16.2. The van der Waals surface area contributed by atoms with Crippen LogP contribution in [0, 0.1) is 5.92 Å². The van der Waals surface area contributed by atoms with E-state index in [0.717, 1.165) is 17.7 Å². The molecule has 2 aromatic carbocycles. The highest BCUT2D eigenvalue weighted by atomic mass is 35.5. The second-order valence-electron chi connectivity index (χ2n) is 7.41. The first-order valence-electron chi connectivity index (χ1n) is 9.64. The number of carbonyl (C=O) groups is 1. The lowest BCUT2D eigenvalue weighted by molar-refractivity contribution is -0.133. The Morgan fingerprint density at radius 2 is 1.75 bits per heavy atom. The maximum atomic E-state index is 12.8. The lowest BCUT2D eigenvalue weighted by atomic mass is 9.99. The molecule has 1 fully saturated rings. The molecule has 0 aliphatic carbocycles. The van der Waals surface area contributed by atoms with Gasteiger partial charge in [0.25, 0.3) is 0 Å². The summed E-state index contributed by atoms with van der Waals surface area (Å²) in [6.07, 6.45) is 1.60. The van der Waals surface area contributed by atoms with Crippen LogP contribution < -0.4 is 4.90 Å². The Balaban J connectivity index is 1.90. The zero-order chi connectivity index (χ0) is 20.3. The molecule has 0 radical (unpaired) electrons. The lowest BCUT2D eigenvalue weighted by Crippen LogP contribution is -2.51. The number of amides is 1. The molecule has 3 nitrogen and oxygen atoms in total. The van der Waals surface area contributed by atoms with E-state index in [4.69, 9.17) is 34.8 Å². The molecule has 3 rings (SSSR count). The third-order valence-corrected chi connectivity index (χ3v) is 6.22. The van der Waals surface area contributed by atoms with Gasteiger partial charge in [-0.15, -0.1) is 0 Å². The fourth-order valence-corrected chi connectivity index (χ4v) is 4.20. The zero-order valence-corrected chi connectivity index (χ0v) is 18.4. The van der Waals surface area contributed by atoms with Gasteiger partial charge in [0.15, 0.2) is 0 Å². The largest absolute Gasteiger partial charge is 0.360 e. The molecule has 0 saturated carbocycles. The summed E-state index contributed by atoms with van der Waals surface area (Å²) in [4.78, 5) is 17.0. The van der Waals surface area contributed by atoms with Crippen molar-refractivity contribution in [2.45, 2.75) is 32.7 Å². The highest BCUT2D eigenvalue weighted by Gasteiger charge is 2.32. The Labute approximate surface area is 182 Å². The van der Waals surface area contributed by atoms with Gasteiger partial charge in [-0.3, -0.25) is 4.79 Å². The molecule has 1 unspecified atom stereocenters. The summed E-state index contributed by atoms with van der Waals surface area (Å²) in [5, 5.41) is 1.92. The summed E-state index contributed by atoms with van der Waals surface area (Å²) >= 11 is 18.7. The van der Waals surface area contributed by atoms with Crippen LogP contribution in [0.25, 0.3) is 0 Å². The molecule has 2 aromatic rings. The van der Waals surface area contributed by atoms with Crippen LogP contribution in [0.4, 0.5) is 5.69 Å². The van der Waals surface area contributed by atoms with E-state index in [0.29, 0.717) is 47.0 Å². The van der Waals surface area contributed by atoms with Crippen LogP contribution in [0.5, 0.6) is 0 Å². The Morgan fingerprint density at radius 3 is 2.39 bits per heavy atom.